The van der Waals surface area contributed by atoms with Gasteiger partial charge in [0.05, 0.1) is 5.88 Å². The number of alkyl halides is 1. The molecule has 2 heterocycles. The van der Waals surface area contributed by atoms with E-state index in [9.17, 15) is 8.42 Å². The van der Waals surface area contributed by atoms with Gasteiger partial charge < -0.3 is 0 Å². The van der Waals surface area contributed by atoms with Crippen LogP contribution in [0.15, 0.2) is 10.3 Å². The quantitative estimate of drug-likeness (QED) is 0.793. The zero-order chi connectivity index (χ0) is 14.9. The summed E-state index contributed by atoms with van der Waals surface area (Å²) in [5.41, 5.74) is 0.803. The van der Waals surface area contributed by atoms with Crippen molar-refractivity contribution in [2.45, 2.75) is 37.6 Å². The van der Waals surface area contributed by atoms with Gasteiger partial charge in [0, 0.05) is 37.1 Å². The summed E-state index contributed by atoms with van der Waals surface area (Å²) >= 11 is 7.30. The SMILES string of the molecule is Cc1csc(CCl)c1S(=O)(=O)N1CCN(C(C)C)CC1. The molecule has 1 aliphatic rings. The van der Waals surface area contributed by atoms with Crippen LogP contribution in [-0.2, 0) is 15.9 Å². The molecular weight excluding hydrogens is 316 g/mol. The first kappa shape index (κ1) is 16.2. The lowest BCUT2D eigenvalue weighted by Gasteiger charge is -2.36. The van der Waals surface area contributed by atoms with Crippen LogP contribution in [0.3, 0.4) is 0 Å². The summed E-state index contributed by atoms with van der Waals surface area (Å²) in [6, 6.07) is 0.459. The molecule has 0 amide bonds. The molecule has 2 rings (SSSR count). The Morgan fingerprint density at radius 1 is 1.30 bits per heavy atom. The number of aryl methyl sites for hydroxylation is 1. The molecule has 4 nitrogen and oxygen atoms in total. The van der Waals surface area contributed by atoms with Crippen LogP contribution in [-0.4, -0.2) is 49.8 Å². The Labute approximate surface area is 130 Å². The van der Waals surface area contributed by atoms with Crippen molar-refractivity contribution in [3.05, 3.63) is 15.8 Å². The van der Waals surface area contributed by atoms with Crippen LogP contribution in [0, 0.1) is 6.92 Å². The maximum absolute atomic E-state index is 12.8. The van der Waals surface area contributed by atoms with E-state index in [0.29, 0.717) is 24.0 Å². The predicted octanol–water partition coefficient (Wildman–Crippen LogP) is 2.51. The highest BCUT2D eigenvalue weighted by Gasteiger charge is 2.32. The van der Waals surface area contributed by atoms with Gasteiger partial charge in [-0.1, -0.05) is 0 Å². The minimum Gasteiger partial charge on any atom is -0.298 e. The summed E-state index contributed by atoms with van der Waals surface area (Å²) < 4.78 is 27.2. The molecule has 1 aromatic heterocycles. The smallest absolute Gasteiger partial charge is 0.244 e. The highest BCUT2D eigenvalue weighted by molar-refractivity contribution is 7.89. The molecule has 0 unspecified atom stereocenters. The molecule has 114 valence electrons. The Bertz CT molecular complexity index is 561. The Hall–Kier alpha value is -0.140. The maximum Gasteiger partial charge on any atom is 0.244 e. The molecule has 0 aliphatic carbocycles. The molecule has 1 aromatic rings. The van der Waals surface area contributed by atoms with Gasteiger partial charge in [-0.05, 0) is 31.7 Å². The van der Waals surface area contributed by atoms with Crippen LogP contribution in [0.4, 0.5) is 0 Å². The van der Waals surface area contributed by atoms with Crippen LogP contribution >= 0.6 is 22.9 Å². The molecule has 1 aliphatic heterocycles. The summed E-state index contributed by atoms with van der Waals surface area (Å²) in [5, 5.41) is 1.87. The summed E-state index contributed by atoms with van der Waals surface area (Å²) in [4.78, 5) is 3.47. The van der Waals surface area contributed by atoms with Crippen molar-refractivity contribution >= 4 is 33.0 Å². The lowest BCUT2D eigenvalue weighted by Crippen LogP contribution is -2.50. The van der Waals surface area contributed by atoms with Crippen molar-refractivity contribution in [1.82, 2.24) is 9.21 Å². The molecule has 0 bridgehead atoms. The van der Waals surface area contributed by atoms with Crippen LogP contribution in [0.5, 0.6) is 0 Å². The molecule has 7 heteroatoms. The number of rotatable bonds is 4. The van der Waals surface area contributed by atoms with Gasteiger partial charge in [0.25, 0.3) is 0 Å². The van der Waals surface area contributed by atoms with E-state index in [0.717, 1.165) is 23.5 Å². The van der Waals surface area contributed by atoms with E-state index in [-0.39, 0.29) is 5.88 Å². The monoisotopic (exact) mass is 336 g/mol. The van der Waals surface area contributed by atoms with Gasteiger partial charge in [-0.3, -0.25) is 4.90 Å². The van der Waals surface area contributed by atoms with Crippen molar-refractivity contribution in [2.75, 3.05) is 26.2 Å². The fraction of sp³-hybridized carbons (Fsp3) is 0.692. The molecule has 20 heavy (non-hydrogen) atoms. The van der Waals surface area contributed by atoms with E-state index in [2.05, 4.69) is 18.7 Å². The Kier molecular flexibility index (Phi) is 5.13. The van der Waals surface area contributed by atoms with Gasteiger partial charge in [-0.25, -0.2) is 8.42 Å². The van der Waals surface area contributed by atoms with Crippen LogP contribution in [0.25, 0.3) is 0 Å². The Morgan fingerprint density at radius 2 is 1.90 bits per heavy atom. The summed E-state index contributed by atoms with van der Waals surface area (Å²) in [5.74, 6) is 0.249. The highest BCUT2D eigenvalue weighted by Crippen LogP contribution is 2.31. The average Bonchev–Trinajstić information content (AvgIpc) is 2.80. The minimum absolute atomic E-state index is 0.249. The number of hydrogen-bond donors (Lipinski definition) is 0. The van der Waals surface area contributed by atoms with E-state index in [1.165, 1.54) is 11.3 Å². The second-order valence-electron chi connectivity index (χ2n) is 5.34. The molecule has 0 atom stereocenters. The summed E-state index contributed by atoms with van der Waals surface area (Å²) in [6.07, 6.45) is 0. The lowest BCUT2D eigenvalue weighted by molar-refractivity contribution is 0.154. The molecule has 0 N–H and O–H groups in total. The number of hydrogen-bond acceptors (Lipinski definition) is 4. The molecule has 0 spiro atoms. The van der Waals surface area contributed by atoms with Crippen LogP contribution in [0.1, 0.15) is 24.3 Å². The standard InChI is InChI=1S/C13H21ClN2O2S2/c1-10(2)15-4-6-16(7-5-15)20(17,18)13-11(3)9-19-12(13)8-14/h9-10H,4-8H2,1-3H3. The lowest BCUT2D eigenvalue weighted by atomic mass is 10.3. The fourth-order valence-electron chi connectivity index (χ4n) is 2.52. The van der Waals surface area contributed by atoms with E-state index in [1.54, 1.807) is 4.31 Å². The first-order valence-electron chi connectivity index (χ1n) is 6.75. The van der Waals surface area contributed by atoms with Crippen molar-refractivity contribution in [2.24, 2.45) is 0 Å². The number of sulfonamides is 1. The molecule has 0 aromatic carbocycles. The van der Waals surface area contributed by atoms with Gasteiger partial charge in [-0.15, -0.1) is 22.9 Å². The molecule has 0 saturated carbocycles. The zero-order valence-corrected chi connectivity index (χ0v) is 14.5. The van der Waals surface area contributed by atoms with Crippen LogP contribution < -0.4 is 0 Å². The highest BCUT2D eigenvalue weighted by atomic mass is 35.5. The normalized spacial score (nSPS) is 18.9. The van der Waals surface area contributed by atoms with Gasteiger partial charge in [-0.2, -0.15) is 4.31 Å². The van der Waals surface area contributed by atoms with Gasteiger partial charge in [0.2, 0.25) is 10.0 Å². The maximum atomic E-state index is 12.8. The van der Waals surface area contributed by atoms with Crippen molar-refractivity contribution in [1.29, 1.82) is 0 Å². The van der Waals surface area contributed by atoms with E-state index in [4.69, 9.17) is 11.6 Å². The average molecular weight is 337 g/mol. The van der Waals surface area contributed by atoms with E-state index >= 15 is 0 Å². The van der Waals surface area contributed by atoms with Crippen molar-refractivity contribution in [3.63, 3.8) is 0 Å². The second kappa shape index (κ2) is 6.32. The number of nitrogens with zero attached hydrogens (tertiary/aromatic N) is 2. The third kappa shape index (κ3) is 3.04. The number of piperazine rings is 1. The Balaban J connectivity index is 2.22. The molecule has 1 fully saturated rings. The first-order chi connectivity index (χ1) is 9.37. The Morgan fingerprint density at radius 3 is 2.40 bits per heavy atom. The zero-order valence-electron chi connectivity index (χ0n) is 12.1. The predicted molar refractivity (Wildman–Crippen MR) is 84.1 cm³/mol. The molecular formula is C13H21ClN2O2S2. The first-order valence-corrected chi connectivity index (χ1v) is 9.60. The third-order valence-electron chi connectivity index (χ3n) is 3.71. The number of halogens is 1. The van der Waals surface area contributed by atoms with E-state index in [1.807, 2.05) is 12.3 Å². The van der Waals surface area contributed by atoms with Gasteiger partial charge in [0.1, 0.15) is 4.90 Å². The molecule has 1 saturated heterocycles. The largest absolute Gasteiger partial charge is 0.298 e. The second-order valence-corrected chi connectivity index (χ2v) is 8.44. The summed E-state index contributed by atoms with van der Waals surface area (Å²) in [7, 11) is -3.41. The van der Waals surface area contributed by atoms with Gasteiger partial charge >= 0.3 is 0 Å². The molecule has 0 radical (unpaired) electrons. The minimum atomic E-state index is -3.41. The van der Waals surface area contributed by atoms with Gasteiger partial charge in [0.15, 0.2) is 0 Å². The summed E-state index contributed by atoms with van der Waals surface area (Å²) in [6.45, 7) is 8.79. The van der Waals surface area contributed by atoms with Crippen LogP contribution in [0.2, 0.25) is 0 Å². The topological polar surface area (TPSA) is 40.6 Å². The van der Waals surface area contributed by atoms with Crippen molar-refractivity contribution < 1.29 is 8.42 Å². The third-order valence-corrected chi connectivity index (χ3v) is 7.50. The van der Waals surface area contributed by atoms with E-state index < -0.39 is 10.0 Å². The number of thiophene rings is 1. The fourth-order valence-corrected chi connectivity index (χ4v) is 5.95. The van der Waals surface area contributed by atoms with Crippen molar-refractivity contribution in [3.8, 4) is 0 Å².